The molecule has 0 saturated carbocycles. The van der Waals surface area contributed by atoms with Crippen molar-refractivity contribution in [1.82, 2.24) is 14.8 Å². The second-order valence-corrected chi connectivity index (χ2v) is 7.48. The first-order chi connectivity index (χ1) is 11.6. The van der Waals surface area contributed by atoms with Crippen LogP contribution in [0.4, 0.5) is 4.39 Å². The molecule has 3 rings (SSSR count). The molecular formula is C18H18FN3S2. The number of thioether (sulfide) groups is 1. The Balaban J connectivity index is 1.88. The third-order valence-electron chi connectivity index (χ3n) is 3.81. The average molecular weight is 359 g/mol. The van der Waals surface area contributed by atoms with Crippen LogP contribution >= 0.6 is 23.1 Å². The zero-order chi connectivity index (χ0) is 17.1. The fourth-order valence-electron chi connectivity index (χ4n) is 2.40. The highest BCUT2D eigenvalue weighted by Crippen LogP contribution is 2.32. The normalized spacial score (nSPS) is 11.0. The monoisotopic (exact) mass is 359 g/mol. The maximum atomic E-state index is 13.3. The van der Waals surface area contributed by atoms with E-state index < -0.39 is 0 Å². The summed E-state index contributed by atoms with van der Waals surface area (Å²) in [5.41, 5.74) is 3.28. The van der Waals surface area contributed by atoms with Gasteiger partial charge in [0, 0.05) is 28.1 Å². The van der Waals surface area contributed by atoms with Crippen molar-refractivity contribution in [2.75, 3.05) is 0 Å². The van der Waals surface area contributed by atoms with Gasteiger partial charge in [0.05, 0.1) is 0 Å². The molecule has 0 aliphatic rings. The van der Waals surface area contributed by atoms with Crippen LogP contribution in [0, 0.1) is 19.7 Å². The summed E-state index contributed by atoms with van der Waals surface area (Å²) < 4.78 is 15.4. The van der Waals surface area contributed by atoms with Crippen LogP contribution in [0.1, 0.15) is 16.0 Å². The lowest BCUT2D eigenvalue weighted by atomic mass is 10.1. The Morgan fingerprint density at radius 1 is 1.33 bits per heavy atom. The molecule has 0 N–H and O–H groups in total. The second-order valence-electron chi connectivity index (χ2n) is 5.45. The summed E-state index contributed by atoms with van der Waals surface area (Å²) in [6, 6.07) is 6.64. The summed E-state index contributed by atoms with van der Waals surface area (Å²) in [5.74, 6) is 1.29. The van der Waals surface area contributed by atoms with Gasteiger partial charge in [-0.1, -0.05) is 30.0 Å². The quantitative estimate of drug-likeness (QED) is 0.445. The van der Waals surface area contributed by atoms with Crippen molar-refractivity contribution >= 4 is 23.1 Å². The maximum absolute atomic E-state index is 13.3. The number of hydrogen-bond acceptors (Lipinski definition) is 4. The summed E-state index contributed by atoms with van der Waals surface area (Å²) in [6.45, 7) is 8.69. The zero-order valence-corrected chi connectivity index (χ0v) is 15.3. The molecular weight excluding hydrogens is 341 g/mol. The number of aromatic nitrogens is 3. The van der Waals surface area contributed by atoms with Gasteiger partial charge in [-0.2, -0.15) is 0 Å². The van der Waals surface area contributed by atoms with Crippen LogP contribution in [0.5, 0.6) is 0 Å². The number of nitrogens with zero attached hydrogens (tertiary/aromatic N) is 3. The van der Waals surface area contributed by atoms with Crippen molar-refractivity contribution < 1.29 is 4.39 Å². The van der Waals surface area contributed by atoms with Crippen molar-refractivity contribution in [1.29, 1.82) is 0 Å². The molecule has 0 amide bonds. The van der Waals surface area contributed by atoms with Gasteiger partial charge in [0.25, 0.3) is 0 Å². The predicted octanol–water partition coefficient (Wildman–Crippen LogP) is 5.24. The van der Waals surface area contributed by atoms with E-state index in [0.717, 1.165) is 22.1 Å². The minimum atomic E-state index is -0.217. The van der Waals surface area contributed by atoms with Crippen molar-refractivity contribution in [3.05, 3.63) is 64.1 Å². The lowest BCUT2D eigenvalue weighted by Crippen LogP contribution is -2.01. The molecule has 3 nitrogen and oxygen atoms in total. The molecule has 0 unspecified atom stereocenters. The fourth-order valence-corrected chi connectivity index (χ4v) is 4.15. The first-order valence-corrected chi connectivity index (χ1v) is 9.43. The molecule has 1 aromatic carbocycles. The van der Waals surface area contributed by atoms with Gasteiger partial charge in [0.15, 0.2) is 11.0 Å². The van der Waals surface area contributed by atoms with Crippen LogP contribution in [0.15, 0.2) is 47.5 Å². The molecule has 0 atom stereocenters. The molecule has 3 aromatic rings. The summed E-state index contributed by atoms with van der Waals surface area (Å²) in [4.78, 5) is 1.28. The number of allylic oxidation sites excluding steroid dienone is 1. The van der Waals surface area contributed by atoms with Gasteiger partial charge in [-0.25, -0.2) is 4.39 Å². The highest BCUT2D eigenvalue weighted by molar-refractivity contribution is 7.98. The number of thiophene rings is 1. The first kappa shape index (κ1) is 16.9. The minimum Gasteiger partial charge on any atom is -0.298 e. The van der Waals surface area contributed by atoms with Crippen LogP contribution in [0.3, 0.4) is 0 Å². The minimum absolute atomic E-state index is 0.217. The van der Waals surface area contributed by atoms with E-state index in [4.69, 9.17) is 0 Å². The lowest BCUT2D eigenvalue weighted by Gasteiger charge is -2.08. The fraction of sp³-hybridized carbons (Fsp3) is 0.222. The number of benzene rings is 1. The largest absolute Gasteiger partial charge is 0.298 e. The summed E-state index contributed by atoms with van der Waals surface area (Å²) >= 11 is 3.27. The highest BCUT2D eigenvalue weighted by atomic mass is 32.2. The zero-order valence-electron chi connectivity index (χ0n) is 13.6. The summed E-state index contributed by atoms with van der Waals surface area (Å²) in [5, 5.41) is 11.7. The predicted molar refractivity (Wildman–Crippen MR) is 99.0 cm³/mol. The molecule has 2 aromatic heterocycles. The standard InChI is InChI=1S/C18H18FN3S2/c1-4-8-22-17(16-11-23-13(3)12(16)2)20-21-18(22)24-10-14-6-5-7-15(19)9-14/h4-7,9,11H,1,8,10H2,2-3H3. The number of rotatable bonds is 6. The molecule has 0 aliphatic carbocycles. The Kier molecular flexibility index (Phi) is 5.16. The Morgan fingerprint density at radius 2 is 2.17 bits per heavy atom. The molecule has 0 bridgehead atoms. The molecule has 124 valence electrons. The maximum Gasteiger partial charge on any atom is 0.192 e. The van der Waals surface area contributed by atoms with Crippen molar-refractivity contribution in [2.24, 2.45) is 0 Å². The Bertz CT molecular complexity index is 867. The lowest BCUT2D eigenvalue weighted by molar-refractivity contribution is 0.626. The molecule has 2 heterocycles. The van der Waals surface area contributed by atoms with E-state index >= 15 is 0 Å². The van der Waals surface area contributed by atoms with Gasteiger partial charge in [0.1, 0.15) is 5.82 Å². The van der Waals surface area contributed by atoms with E-state index in [1.807, 2.05) is 12.1 Å². The van der Waals surface area contributed by atoms with Crippen molar-refractivity contribution in [3.63, 3.8) is 0 Å². The van der Waals surface area contributed by atoms with Gasteiger partial charge in [-0.15, -0.1) is 28.1 Å². The van der Waals surface area contributed by atoms with E-state index in [9.17, 15) is 4.39 Å². The Labute approximate surface area is 149 Å². The highest BCUT2D eigenvalue weighted by Gasteiger charge is 2.17. The van der Waals surface area contributed by atoms with Gasteiger partial charge >= 0.3 is 0 Å². The van der Waals surface area contributed by atoms with Gasteiger partial charge in [-0.3, -0.25) is 4.57 Å². The third kappa shape index (κ3) is 3.44. The van der Waals surface area contributed by atoms with E-state index in [0.29, 0.717) is 12.3 Å². The van der Waals surface area contributed by atoms with E-state index in [1.54, 1.807) is 35.2 Å². The van der Waals surface area contributed by atoms with E-state index in [1.165, 1.54) is 16.5 Å². The number of aryl methyl sites for hydroxylation is 1. The smallest absolute Gasteiger partial charge is 0.192 e. The van der Waals surface area contributed by atoms with Crippen LogP contribution in [-0.2, 0) is 12.3 Å². The van der Waals surface area contributed by atoms with Gasteiger partial charge in [-0.05, 0) is 37.1 Å². The summed E-state index contributed by atoms with van der Waals surface area (Å²) in [6.07, 6.45) is 1.84. The molecule has 0 aliphatic heterocycles. The molecule has 0 saturated heterocycles. The molecule has 0 spiro atoms. The van der Waals surface area contributed by atoms with Crippen LogP contribution in [-0.4, -0.2) is 14.8 Å². The molecule has 6 heteroatoms. The van der Waals surface area contributed by atoms with Crippen molar-refractivity contribution in [2.45, 2.75) is 31.3 Å². The number of hydrogen-bond donors (Lipinski definition) is 0. The third-order valence-corrected chi connectivity index (χ3v) is 5.86. The van der Waals surface area contributed by atoms with Crippen LogP contribution in [0.2, 0.25) is 0 Å². The Hall–Kier alpha value is -1.92. The molecule has 0 radical (unpaired) electrons. The molecule has 24 heavy (non-hydrogen) atoms. The molecule has 0 fully saturated rings. The Morgan fingerprint density at radius 3 is 2.83 bits per heavy atom. The SMILES string of the molecule is C=CCn1c(SCc2cccc(F)c2)nnc1-c1csc(C)c1C. The first-order valence-electron chi connectivity index (χ1n) is 7.56. The van der Waals surface area contributed by atoms with Crippen molar-refractivity contribution in [3.8, 4) is 11.4 Å². The van der Waals surface area contributed by atoms with Gasteiger partial charge in [0.2, 0.25) is 0 Å². The topological polar surface area (TPSA) is 30.7 Å². The average Bonchev–Trinajstić information content (AvgIpc) is 3.10. The van der Waals surface area contributed by atoms with Gasteiger partial charge < -0.3 is 0 Å². The van der Waals surface area contributed by atoms with Crippen LogP contribution in [0.25, 0.3) is 11.4 Å². The second kappa shape index (κ2) is 7.32. The number of halogens is 1. The van der Waals surface area contributed by atoms with E-state index in [2.05, 4.69) is 40.6 Å². The summed E-state index contributed by atoms with van der Waals surface area (Å²) in [7, 11) is 0. The van der Waals surface area contributed by atoms with Crippen LogP contribution < -0.4 is 0 Å². The van der Waals surface area contributed by atoms with E-state index in [-0.39, 0.29) is 5.82 Å².